The Morgan fingerprint density at radius 2 is 2.05 bits per heavy atom. The maximum absolute atomic E-state index is 12.6. The zero-order valence-corrected chi connectivity index (χ0v) is 12.8. The average Bonchev–Trinajstić information content (AvgIpc) is 3.05. The molecular formula is C16H23NO4. The van der Waals surface area contributed by atoms with Crippen molar-refractivity contribution in [3.05, 3.63) is 23.7 Å². The van der Waals surface area contributed by atoms with Crippen LogP contribution in [0, 0.1) is 24.7 Å². The van der Waals surface area contributed by atoms with Gasteiger partial charge in [0, 0.05) is 19.2 Å². The zero-order valence-electron chi connectivity index (χ0n) is 12.8. The molecule has 2 rings (SSSR count). The van der Waals surface area contributed by atoms with Gasteiger partial charge < -0.3 is 14.4 Å². The van der Waals surface area contributed by atoms with Crippen LogP contribution in [0.15, 0.2) is 16.7 Å². The summed E-state index contributed by atoms with van der Waals surface area (Å²) in [6.45, 7) is 4.37. The van der Waals surface area contributed by atoms with E-state index in [1.807, 2.05) is 13.0 Å². The molecule has 0 radical (unpaired) electrons. The molecular weight excluding hydrogens is 270 g/mol. The third-order valence-electron chi connectivity index (χ3n) is 4.62. The maximum Gasteiger partial charge on any atom is 0.307 e. The van der Waals surface area contributed by atoms with E-state index in [-0.39, 0.29) is 5.91 Å². The largest absolute Gasteiger partial charge is 0.481 e. The number of aryl methyl sites for hydroxylation is 1. The first-order chi connectivity index (χ1) is 9.93. The van der Waals surface area contributed by atoms with Crippen LogP contribution in [0.25, 0.3) is 0 Å². The van der Waals surface area contributed by atoms with Gasteiger partial charge in [-0.05, 0) is 31.7 Å². The van der Waals surface area contributed by atoms with Crippen LogP contribution in [0.3, 0.4) is 0 Å². The van der Waals surface area contributed by atoms with Crippen LogP contribution in [-0.2, 0) is 16.1 Å². The van der Waals surface area contributed by atoms with Gasteiger partial charge in [-0.1, -0.05) is 13.3 Å². The van der Waals surface area contributed by atoms with E-state index in [4.69, 9.17) is 4.42 Å². The van der Waals surface area contributed by atoms with Crippen LogP contribution in [0.1, 0.15) is 37.5 Å². The first-order valence-electron chi connectivity index (χ1n) is 7.44. The van der Waals surface area contributed by atoms with Crippen LogP contribution < -0.4 is 0 Å². The van der Waals surface area contributed by atoms with Crippen molar-refractivity contribution >= 4 is 11.9 Å². The van der Waals surface area contributed by atoms with Crippen molar-refractivity contribution in [2.24, 2.45) is 17.8 Å². The van der Waals surface area contributed by atoms with E-state index in [9.17, 15) is 14.7 Å². The van der Waals surface area contributed by atoms with Crippen molar-refractivity contribution in [3.63, 3.8) is 0 Å². The molecule has 0 saturated heterocycles. The summed E-state index contributed by atoms with van der Waals surface area (Å²) >= 11 is 0. The number of rotatable bonds is 5. The molecule has 3 unspecified atom stereocenters. The molecule has 5 nitrogen and oxygen atoms in total. The van der Waals surface area contributed by atoms with Gasteiger partial charge in [0.25, 0.3) is 0 Å². The van der Waals surface area contributed by atoms with Gasteiger partial charge in [0.2, 0.25) is 5.91 Å². The normalized spacial score (nSPS) is 25.0. The van der Waals surface area contributed by atoms with E-state index >= 15 is 0 Å². The SMILES string of the molecule is CCC1CC(C(=O)O)C(C(=O)N(C)Cc2ccoc2C)C1. The molecule has 1 heterocycles. The number of carbonyl (C=O) groups is 2. The fourth-order valence-corrected chi connectivity index (χ4v) is 3.21. The van der Waals surface area contributed by atoms with Gasteiger partial charge in [-0.3, -0.25) is 9.59 Å². The molecule has 1 saturated carbocycles. The van der Waals surface area contributed by atoms with Crippen LogP contribution in [-0.4, -0.2) is 28.9 Å². The van der Waals surface area contributed by atoms with Crippen molar-refractivity contribution in [1.82, 2.24) is 4.90 Å². The molecule has 0 aromatic carbocycles. The maximum atomic E-state index is 12.6. The van der Waals surface area contributed by atoms with Gasteiger partial charge in [0.15, 0.2) is 0 Å². The molecule has 0 bridgehead atoms. The predicted octanol–water partition coefficient (Wildman–Crippen LogP) is 2.68. The Labute approximate surface area is 124 Å². The number of amides is 1. The van der Waals surface area contributed by atoms with E-state index in [2.05, 4.69) is 6.92 Å². The molecule has 0 spiro atoms. The Morgan fingerprint density at radius 1 is 1.38 bits per heavy atom. The van der Waals surface area contributed by atoms with Gasteiger partial charge in [0.05, 0.1) is 18.1 Å². The standard InChI is InChI=1S/C16H23NO4/c1-4-11-7-13(14(8-11)16(19)20)15(18)17(3)9-12-5-6-21-10(12)2/h5-6,11,13-14H,4,7-9H2,1-3H3,(H,19,20). The number of furan rings is 1. The number of carbonyl (C=O) groups excluding carboxylic acids is 1. The molecule has 116 valence electrons. The van der Waals surface area contributed by atoms with Gasteiger partial charge in [-0.15, -0.1) is 0 Å². The fraction of sp³-hybridized carbons (Fsp3) is 0.625. The topological polar surface area (TPSA) is 70.8 Å². The number of hydrogen-bond donors (Lipinski definition) is 1. The molecule has 21 heavy (non-hydrogen) atoms. The first-order valence-corrected chi connectivity index (χ1v) is 7.44. The van der Waals surface area contributed by atoms with Crippen LogP contribution in [0.5, 0.6) is 0 Å². The Bertz CT molecular complexity index is 522. The summed E-state index contributed by atoms with van der Waals surface area (Å²) < 4.78 is 5.23. The summed E-state index contributed by atoms with van der Waals surface area (Å²) in [6.07, 6.45) is 3.83. The third-order valence-corrected chi connectivity index (χ3v) is 4.62. The molecule has 1 aromatic heterocycles. The Hall–Kier alpha value is -1.78. The highest BCUT2D eigenvalue weighted by atomic mass is 16.4. The molecule has 3 atom stereocenters. The Kier molecular flexibility index (Phi) is 4.70. The number of nitrogens with zero attached hydrogens (tertiary/aromatic N) is 1. The number of carboxylic acids is 1. The van der Waals surface area contributed by atoms with Gasteiger partial charge in [0.1, 0.15) is 5.76 Å². The predicted molar refractivity (Wildman–Crippen MR) is 77.5 cm³/mol. The molecule has 1 aliphatic rings. The summed E-state index contributed by atoms with van der Waals surface area (Å²) in [5.41, 5.74) is 0.961. The minimum absolute atomic E-state index is 0.0704. The fourth-order valence-electron chi connectivity index (χ4n) is 3.21. The van der Waals surface area contributed by atoms with Gasteiger partial charge in [-0.25, -0.2) is 0 Å². The first kappa shape index (κ1) is 15.6. The molecule has 1 aromatic rings. The Morgan fingerprint density at radius 3 is 2.57 bits per heavy atom. The summed E-state index contributed by atoms with van der Waals surface area (Å²) in [5, 5.41) is 9.34. The number of aliphatic carboxylic acids is 1. The second-order valence-corrected chi connectivity index (χ2v) is 5.99. The molecule has 1 N–H and O–H groups in total. The Balaban J connectivity index is 2.07. The average molecular weight is 293 g/mol. The number of hydrogen-bond acceptors (Lipinski definition) is 3. The molecule has 0 aliphatic heterocycles. The van der Waals surface area contributed by atoms with E-state index in [1.54, 1.807) is 18.2 Å². The quantitative estimate of drug-likeness (QED) is 0.906. The highest BCUT2D eigenvalue weighted by Gasteiger charge is 2.43. The number of carboxylic acid groups (broad SMARTS) is 1. The molecule has 1 aliphatic carbocycles. The summed E-state index contributed by atoms with van der Waals surface area (Å²) in [5.74, 6) is -0.734. The smallest absolute Gasteiger partial charge is 0.307 e. The molecule has 1 amide bonds. The van der Waals surface area contributed by atoms with E-state index in [1.165, 1.54) is 0 Å². The van der Waals surface area contributed by atoms with E-state index in [0.29, 0.717) is 25.3 Å². The van der Waals surface area contributed by atoms with Crippen molar-refractivity contribution in [2.75, 3.05) is 7.05 Å². The van der Waals surface area contributed by atoms with Crippen molar-refractivity contribution < 1.29 is 19.1 Å². The van der Waals surface area contributed by atoms with Crippen molar-refractivity contribution in [2.45, 2.75) is 39.7 Å². The minimum atomic E-state index is -0.850. The van der Waals surface area contributed by atoms with Gasteiger partial charge >= 0.3 is 5.97 Å². The molecule has 1 fully saturated rings. The summed E-state index contributed by atoms with van der Waals surface area (Å²) in [6, 6.07) is 1.84. The van der Waals surface area contributed by atoms with E-state index in [0.717, 1.165) is 17.7 Å². The highest BCUT2D eigenvalue weighted by Crippen LogP contribution is 2.39. The van der Waals surface area contributed by atoms with Crippen LogP contribution in [0.2, 0.25) is 0 Å². The lowest BCUT2D eigenvalue weighted by Gasteiger charge is -2.23. The minimum Gasteiger partial charge on any atom is -0.481 e. The summed E-state index contributed by atoms with van der Waals surface area (Å²) in [4.78, 5) is 25.6. The zero-order chi connectivity index (χ0) is 15.6. The summed E-state index contributed by atoms with van der Waals surface area (Å²) in [7, 11) is 1.73. The molecule has 5 heteroatoms. The van der Waals surface area contributed by atoms with Crippen molar-refractivity contribution in [3.8, 4) is 0 Å². The lowest BCUT2D eigenvalue weighted by molar-refractivity contribution is -0.148. The second-order valence-electron chi connectivity index (χ2n) is 5.99. The second kappa shape index (κ2) is 6.33. The lowest BCUT2D eigenvalue weighted by Crippen LogP contribution is -2.36. The highest BCUT2D eigenvalue weighted by molar-refractivity contribution is 5.85. The monoisotopic (exact) mass is 293 g/mol. The van der Waals surface area contributed by atoms with E-state index < -0.39 is 17.8 Å². The van der Waals surface area contributed by atoms with Crippen LogP contribution >= 0.6 is 0 Å². The lowest BCUT2D eigenvalue weighted by atomic mass is 9.95. The third kappa shape index (κ3) is 3.28. The van der Waals surface area contributed by atoms with Crippen LogP contribution in [0.4, 0.5) is 0 Å². The van der Waals surface area contributed by atoms with Crippen molar-refractivity contribution in [1.29, 1.82) is 0 Å². The van der Waals surface area contributed by atoms with Gasteiger partial charge in [-0.2, -0.15) is 0 Å².